The summed E-state index contributed by atoms with van der Waals surface area (Å²) >= 11 is 0. The maximum Gasteiger partial charge on any atom is 0.240 e. The maximum absolute atomic E-state index is 14.0. The molecule has 0 N–H and O–H groups in total. The Morgan fingerprint density at radius 1 is 1.03 bits per heavy atom. The van der Waals surface area contributed by atoms with Crippen molar-refractivity contribution in [3.8, 4) is 11.8 Å². The number of rotatable bonds is 5. The third kappa shape index (κ3) is 3.12. The zero-order chi connectivity index (χ0) is 25.2. The number of ether oxygens (including phenoxy) is 2. The second kappa shape index (κ2) is 7.91. The first kappa shape index (κ1) is 22.8. The molecule has 0 aliphatic carbocycles. The van der Waals surface area contributed by atoms with Gasteiger partial charge in [-0.2, -0.15) is 5.26 Å². The number of nitriles is 1. The van der Waals surface area contributed by atoms with Crippen molar-refractivity contribution < 1.29 is 19.1 Å². The van der Waals surface area contributed by atoms with Gasteiger partial charge in [0.25, 0.3) is 0 Å². The summed E-state index contributed by atoms with van der Waals surface area (Å²) in [6.07, 6.45) is 2.00. The summed E-state index contributed by atoms with van der Waals surface area (Å²) in [6, 6.07) is 19.2. The van der Waals surface area contributed by atoms with Crippen LogP contribution >= 0.6 is 0 Å². The molecule has 3 saturated heterocycles. The lowest BCUT2D eigenvalue weighted by atomic mass is 9.67. The molecule has 3 aromatic rings. The number of carbonyl (C=O) groups excluding carboxylic acids is 2. The highest BCUT2D eigenvalue weighted by atomic mass is 16.5. The standard InChI is InChI=1S/C30H28N2O4/c1-18-8-9-19(2)24(16-18)35-15-14-30-13-12-29(3,36-30)25-26(30)28(34)32(27(25)33)23-11-10-20(17-31)21-6-4-5-7-22(21)23/h4-11,16,25-26H,12-15H2,1-3H3. The minimum absolute atomic E-state index is 0.209. The summed E-state index contributed by atoms with van der Waals surface area (Å²) in [6.45, 7) is 6.42. The van der Waals surface area contributed by atoms with Crippen molar-refractivity contribution in [2.24, 2.45) is 11.8 Å². The van der Waals surface area contributed by atoms with Gasteiger partial charge in [-0.15, -0.1) is 0 Å². The van der Waals surface area contributed by atoms with Gasteiger partial charge in [0.1, 0.15) is 5.75 Å². The van der Waals surface area contributed by atoms with E-state index in [1.807, 2.05) is 57.2 Å². The van der Waals surface area contributed by atoms with E-state index in [9.17, 15) is 14.9 Å². The Morgan fingerprint density at radius 2 is 1.78 bits per heavy atom. The van der Waals surface area contributed by atoms with E-state index in [0.29, 0.717) is 24.3 Å². The molecule has 3 aliphatic rings. The van der Waals surface area contributed by atoms with Crippen LogP contribution in [0.15, 0.2) is 54.6 Å². The first-order chi connectivity index (χ1) is 17.3. The highest BCUT2D eigenvalue weighted by molar-refractivity contribution is 6.26. The lowest BCUT2D eigenvalue weighted by Gasteiger charge is -2.31. The summed E-state index contributed by atoms with van der Waals surface area (Å²) in [5.74, 6) is -0.648. The molecule has 0 spiro atoms. The number of anilines is 1. The molecule has 6 heteroatoms. The van der Waals surface area contributed by atoms with Gasteiger partial charge in [0.15, 0.2) is 0 Å². The molecule has 0 aromatic heterocycles. The number of hydrogen-bond donors (Lipinski definition) is 0. The van der Waals surface area contributed by atoms with Crippen molar-refractivity contribution in [2.45, 2.75) is 51.2 Å². The quantitative estimate of drug-likeness (QED) is 0.468. The van der Waals surface area contributed by atoms with Crippen molar-refractivity contribution in [1.82, 2.24) is 0 Å². The lowest BCUT2D eigenvalue weighted by molar-refractivity contribution is -0.131. The lowest BCUT2D eigenvalue weighted by Crippen LogP contribution is -2.43. The van der Waals surface area contributed by atoms with Gasteiger partial charge in [0.05, 0.1) is 47.0 Å². The van der Waals surface area contributed by atoms with Gasteiger partial charge in [0, 0.05) is 17.2 Å². The first-order valence-electron chi connectivity index (χ1n) is 12.5. The van der Waals surface area contributed by atoms with Crippen LogP contribution in [0.4, 0.5) is 5.69 Å². The zero-order valence-electron chi connectivity index (χ0n) is 20.7. The minimum atomic E-state index is -0.721. The van der Waals surface area contributed by atoms with Gasteiger partial charge < -0.3 is 9.47 Å². The van der Waals surface area contributed by atoms with Crippen LogP contribution in [0.1, 0.15) is 42.9 Å². The average Bonchev–Trinajstić information content (AvgIpc) is 3.45. The Balaban J connectivity index is 1.33. The van der Waals surface area contributed by atoms with E-state index >= 15 is 0 Å². The number of fused-ring (bicyclic) bond motifs is 6. The fourth-order valence-electron chi connectivity index (χ4n) is 6.62. The number of hydrogen-bond acceptors (Lipinski definition) is 5. The van der Waals surface area contributed by atoms with Crippen LogP contribution in [0, 0.1) is 37.0 Å². The molecule has 3 aliphatic heterocycles. The SMILES string of the molecule is Cc1ccc(C)c(OCCC23CCC(C)(O2)C2C(=O)N(c4ccc(C#N)c5ccccc45)C(=O)C23)c1. The second-order valence-electron chi connectivity index (χ2n) is 10.6. The summed E-state index contributed by atoms with van der Waals surface area (Å²) in [7, 11) is 0. The Hall–Kier alpha value is -3.69. The molecule has 182 valence electrons. The smallest absolute Gasteiger partial charge is 0.240 e. The van der Waals surface area contributed by atoms with Crippen LogP contribution in [0.2, 0.25) is 0 Å². The van der Waals surface area contributed by atoms with Gasteiger partial charge in [-0.05, 0) is 62.9 Å². The molecule has 2 bridgehead atoms. The second-order valence-corrected chi connectivity index (χ2v) is 10.6. The van der Waals surface area contributed by atoms with Crippen molar-refractivity contribution in [3.05, 3.63) is 71.3 Å². The number of nitrogens with zero attached hydrogens (tertiary/aromatic N) is 2. The van der Waals surface area contributed by atoms with Gasteiger partial charge in [-0.1, -0.05) is 36.4 Å². The first-order valence-corrected chi connectivity index (χ1v) is 12.5. The zero-order valence-corrected chi connectivity index (χ0v) is 20.7. The predicted molar refractivity (Wildman–Crippen MR) is 136 cm³/mol. The molecule has 2 amide bonds. The molecular weight excluding hydrogens is 452 g/mol. The van der Waals surface area contributed by atoms with Gasteiger partial charge in [0.2, 0.25) is 11.8 Å². The van der Waals surface area contributed by atoms with E-state index in [1.165, 1.54) is 4.90 Å². The Kier molecular flexibility index (Phi) is 5.00. The number of imide groups is 1. The van der Waals surface area contributed by atoms with Gasteiger partial charge >= 0.3 is 0 Å². The highest BCUT2D eigenvalue weighted by Gasteiger charge is 2.73. The summed E-state index contributed by atoms with van der Waals surface area (Å²) < 4.78 is 12.7. The number of aryl methyl sites for hydroxylation is 2. The Morgan fingerprint density at radius 3 is 2.56 bits per heavy atom. The molecule has 6 nitrogen and oxygen atoms in total. The molecule has 0 radical (unpaired) electrons. The fourth-order valence-corrected chi connectivity index (χ4v) is 6.62. The highest BCUT2D eigenvalue weighted by Crippen LogP contribution is 2.62. The van der Waals surface area contributed by atoms with E-state index in [2.05, 4.69) is 12.1 Å². The largest absolute Gasteiger partial charge is 0.493 e. The molecule has 6 rings (SSSR count). The van der Waals surface area contributed by atoms with Crippen molar-refractivity contribution in [2.75, 3.05) is 11.5 Å². The third-order valence-corrected chi connectivity index (χ3v) is 8.40. The number of benzene rings is 3. The van der Waals surface area contributed by atoms with Crippen LogP contribution in [0.5, 0.6) is 5.75 Å². The van der Waals surface area contributed by atoms with E-state index in [4.69, 9.17) is 9.47 Å². The average molecular weight is 481 g/mol. The Labute approximate surface area is 210 Å². The van der Waals surface area contributed by atoms with Gasteiger partial charge in [-0.3, -0.25) is 9.59 Å². The maximum atomic E-state index is 14.0. The predicted octanol–water partition coefficient (Wildman–Crippen LogP) is 5.22. The van der Waals surface area contributed by atoms with Crippen LogP contribution in [-0.2, 0) is 14.3 Å². The number of carbonyl (C=O) groups is 2. The van der Waals surface area contributed by atoms with Crippen LogP contribution in [-0.4, -0.2) is 29.6 Å². The molecule has 4 atom stereocenters. The normalized spacial score (nSPS) is 28.6. The van der Waals surface area contributed by atoms with Crippen LogP contribution < -0.4 is 9.64 Å². The van der Waals surface area contributed by atoms with E-state index in [1.54, 1.807) is 12.1 Å². The molecular formula is C30H28N2O4. The summed E-state index contributed by atoms with van der Waals surface area (Å²) in [4.78, 5) is 29.2. The molecule has 0 saturated carbocycles. The summed E-state index contributed by atoms with van der Waals surface area (Å²) in [5, 5.41) is 11.0. The molecule has 36 heavy (non-hydrogen) atoms. The molecule has 3 fully saturated rings. The Bertz CT molecular complexity index is 1470. The summed E-state index contributed by atoms with van der Waals surface area (Å²) in [5.41, 5.74) is 1.85. The van der Waals surface area contributed by atoms with Crippen molar-refractivity contribution >= 4 is 28.3 Å². The van der Waals surface area contributed by atoms with E-state index < -0.39 is 23.0 Å². The topological polar surface area (TPSA) is 79.6 Å². The molecule has 3 heterocycles. The fraction of sp³-hybridized carbons (Fsp3) is 0.367. The van der Waals surface area contributed by atoms with Crippen molar-refractivity contribution in [3.63, 3.8) is 0 Å². The van der Waals surface area contributed by atoms with E-state index in [0.717, 1.165) is 40.5 Å². The molecule has 4 unspecified atom stereocenters. The van der Waals surface area contributed by atoms with Gasteiger partial charge in [-0.25, -0.2) is 4.90 Å². The third-order valence-electron chi connectivity index (χ3n) is 8.40. The van der Waals surface area contributed by atoms with Crippen molar-refractivity contribution in [1.29, 1.82) is 5.26 Å². The monoisotopic (exact) mass is 480 g/mol. The van der Waals surface area contributed by atoms with E-state index in [-0.39, 0.29) is 11.8 Å². The minimum Gasteiger partial charge on any atom is -0.493 e. The van der Waals surface area contributed by atoms with Crippen LogP contribution in [0.3, 0.4) is 0 Å². The van der Waals surface area contributed by atoms with Crippen LogP contribution in [0.25, 0.3) is 10.8 Å². The molecule has 3 aromatic carbocycles. The number of amides is 2.